The van der Waals surface area contributed by atoms with E-state index in [9.17, 15) is 0 Å². The second kappa shape index (κ2) is 2.93. The first-order chi connectivity index (χ1) is 5.92. The van der Waals surface area contributed by atoms with Crippen LogP contribution in [0.1, 0.15) is 0 Å². The van der Waals surface area contributed by atoms with Crippen molar-refractivity contribution in [3.63, 3.8) is 0 Å². The predicted molar refractivity (Wildman–Crippen MR) is 50.0 cm³/mol. The molecule has 3 nitrogen and oxygen atoms in total. The van der Waals surface area contributed by atoms with Gasteiger partial charge in [0.25, 0.3) is 0 Å². The molecule has 0 saturated heterocycles. The van der Waals surface area contributed by atoms with Gasteiger partial charge in [-0.1, -0.05) is 6.07 Å². The van der Waals surface area contributed by atoms with Gasteiger partial charge in [-0.3, -0.25) is 0 Å². The number of ether oxygens (including phenoxy) is 1. The number of hydrogen-bond acceptors (Lipinski definition) is 3. The van der Waals surface area contributed by atoms with Crippen LogP contribution in [-0.2, 0) is 0 Å². The Morgan fingerprint density at radius 1 is 1.25 bits per heavy atom. The molecule has 12 heavy (non-hydrogen) atoms. The molecule has 0 radical (unpaired) electrons. The lowest BCUT2D eigenvalue weighted by Crippen LogP contribution is -2.20. The Morgan fingerprint density at radius 2 is 2.08 bits per heavy atom. The third kappa shape index (κ3) is 1.07. The Kier molecular flexibility index (Phi) is 1.78. The largest absolute Gasteiger partial charge is 0.495 e. The molecule has 1 aliphatic heterocycles. The second-order valence-corrected chi connectivity index (χ2v) is 2.74. The molecule has 2 N–H and O–H groups in total. The number of fused-ring (bicyclic) bond motifs is 1. The summed E-state index contributed by atoms with van der Waals surface area (Å²) in [6, 6.07) is 5.99. The number of methoxy groups -OCH3 is 1. The first kappa shape index (κ1) is 7.28. The maximum atomic E-state index is 5.21. The number of hydrogen-bond donors (Lipinski definition) is 2. The molecule has 1 heterocycles. The summed E-state index contributed by atoms with van der Waals surface area (Å²) in [5.74, 6) is 0.903. The van der Waals surface area contributed by atoms with Crippen LogP contribution in [0.2, 0.25) is 0 Å². The normalized spacial score (nSPS) is 14.1. The molecule has 1 aromatic rings. The van der Waals surface area contributed by atoms with Crippen LogP contribution in [0, 0.1) is 0 Å². The van der Waals surface area contributed by atoms with Crippen LogP contribution in [0.3, 0.4) is 0 Å². The van der Waals surface area contributed by atoms with Gasteiger partial charge in [0, 0.05) is 13.1 Å². The van der Waals surface area contributed by atoms with Crippen molar-refractivity contribution in [1.29, 1.82) is 0 Å². The molecule has 0 aliphatic carbocycles. The van der Waals surface area contributed by atoms with Gasteiger partial charge in [0.2, 0.25) is 0 Å². The van der Waals surface area contributed by atoms with E-state index < -0.39 is 0 Å². The van der Waals surface area contributed by atoms with E-state index in [4.69, 9.17) is 4.74 Å². The summed E-state index contributed by atoms with van der Waals surface area (Å²) < 4.78 is 5.21. The number of rotatable bonds is 1. The van der Waals surface area contributed by atoms with Crippen molar-refractivity contribution in [2.24, 2.45) is 0 Å². The summed E-state index contributed by atoms with van der Waals surface area (Å²) in [4.78, 5) is 0. The van der Waals surface area contributed by atoms with E-state index in [0.29, 0.717) is 0 Å². The van der Waals surface area contributed by atoms with Crippen LogP contribution in [0.25, 0.3) is 0 Å². The highest BCUT2D eigenvalue weighted by Gasteiger charge is 2.10. The molecular weight excluding hydrogens is 152 g/mol. The highest BCUT2D eigenvalue weighted by molar-refractivity contribution is 5.77. The fraction of sp³-hybridized carbons (Fsp3) is 0.333. The van der Waals surface area contributed by atoms with Gasteiger partial charge in [-0.15, -0.1) is 0 Å². The lowest BCUT2D eigenvalue weighted by Gasteiger charge is -2.21. The number of para-hydroxylation sites is 1. The van der Waals surface area contributed by atoms with Crippen molar-refractivity contribution >= 4 is 11.4 Å². The second-order valence-electron chi connectivity index (χ2n) is 2.74. The third-order valence-electron chi connectivity index (χ3n) is 1.99. The molecular formula is C9H12N2O. The molecule has 0 spiro atoms. The van der Waals surface area contributed by atoms with Crippen LogP contribution in [0.5, 0.6) is 5.75 Å². The molecule has 3 heteroatoms. The highest BCUT2D eigenvalue weighted by atomic mass is 16.5. The molecule has 1 aliphatic rings. The Balaban J connectivity index is 2.44. The Labute approximate surface area is 71.7 Å². The van der Waals surface area contributed by atoms with E-state index in [2.05, 4.69) is 10.6 Å². The van der Waals surface area contributed by atoms with Crippen molar-refractivity contribution in [3.05, 3.63) is 18.2 Å². The van der Waals surface area contributed by atoms with Crippen molar-refractivity contribution < 1.29 is 4.74 Å². The summed E-state index contributed by atoms with van der Waals surface area (Å²) in [5.41, 5.74) is 2.20. The van der Waals surface area contributed by atoms with Crippen molar-refractivity contribution in [1.82, 2.24) is 0 Å². The minimum absolute atomic E-state index is 0.903. The zero-order valence-corrected chi connectivity index (χ0v) is 7.05. The van der Waals surface area contributed by atoms with E-state index in [0.717, 1.165) is 30.2 Å². The van der Waals surface area contributed by atoms with Gasteiger partial charge < -0.3 is 15.4 Å². The molecule has 0 atom stereocenters. The quantitative estimate of drug-likeness (QED) is 0.660. The van der Waals surface area contributed by atoms with Gasteiger partial charge in [0.15, 0.2) is 0 Å². The first-order valence-electron chi connectivity index (χ1n) is 4.06. The fourth-order valence-corrected chi connectivity index (χ4v) is 1.42. The van der Waals surface area contributed by atoms with Gasteiger partial charge >= 0.3 is 0 Å². The molecule has 2 rings (SSSR count). The molecule has 0 bridgehead atoms. The van der Waals surface area contributed by atoms with E-state index in [1.165, 1.54) is 0 Å². The van der Waals surface area contributed by atoms with Crippen LogP contribution in [0.15, 0.2) is 18.2 Å². The average molecular weight is 164 g/mol. The topological polar surface area (TPSA) is 33.3 Å². The standard InChI is InChI=1S/C9H12N2O/c1-12-8-4-2-3-7-9(8)11-6-5-10-7/h2-4,10-11H,5-6H2,1H3. The zero-order chi connectivity index (χ0) is 8.39. The van der Waals surface area contributed by atoms with Gasteiger partial charge in [0.05, 0.1) is 12.8 Å². The summed E-state index contributed by atoms with van der Waals surface area (Å²) >= 11 is 0. The summed E-state index contributed by atoms with van der Waals surface area (Å²) in [5, 5.41) is 6.59. The minimum Gasteiger partial charge on any atom is -0.495 e. The van der Waals surface area contributed by atoms with Gasteiger partial charge in [-0.2, -0.15) is 0 Å². The lowest BCUT2D eigenvalue weighted by atomic mass is 10.2. The number of anilines is 2. The van der Waals surface area contributed by atoms with Crippen molar-refractivity contribution in [2.75, 3.05) is 30.8 Å². The lowest BCUT2D eigenvalue weighted by molar-refractivity contribution is 0.416. The van der Waals surface area contributed by atoms with E-state index >= 15 is 0 Å². The van der Waals surface area contributed by atoms with Gasteiger partial charge in [0.1, 0.15) is 11.4 Å². The van der Waals surface area contributed by atoms with E-state index in [1.54, 1.807) is 7.11 Å². The average Bonchev–Trinajstić information content (AvgIpc) is 2.17. The van der Waals surface area contributed by atoms with Crippen LogP contribution in [-0.4, -0.2) is 20.2 Å². The van der Waals surface area contributed by atoms with E-state index in [-0.39, 0.29) is 0 Å². The maximum absolute atomic E-state index is 5.21. The van der Waals surface area contributed by atoms with Crippen molar-refractivity contribution in [2.45, 2.75) is 0 Å². The zero-order valence-electron chi connectivity index (χ0n) is 7.05. The fourth-order valence-electron chi connectivity index (χ4n) is 1.42. The van der Waals surface area contributed by atoms with Crippen LogP contribution < -0.4 is 15.4 Å². The Hall–Kier alpha value is -1.38. The van der Waals surface area contributed by atoms with Gasteiger partial charge in [-0.25, -0.2) is 0 Å². The summed E-state index contributed by atoms with van der Waals surface area (Å²) in [6.07, 6.45) is 0. The monoisotopic (exact) mass is 164 g/mol. The molecule has 0 fully saturated rings. The minimum atomic E-state index is 0.903. The molecule has 0 aromatic heterocycles. The molecule has 0 saturated carbocycles. The first-order valence-corrected chi connectivity index (χ1v) is 4.06. The Bertz CT molecular complexity index is 272. The molecule has 0 amide bonds. The maximum Gasteiger partial charge on any atom is 0.144 e. The van der Waals surface area contributed by atoms with Crippen molar-refractivity contribution in [3.8, 4) is 5.75 Å². The molecule has 64 valence electrons. The Morgan fingerprint density at radius 3 is 2.92 bits per heavy atom. The molecule has 1 aromatic carbocycles. The summed E-state index contributed by atoms with van der Waals surface area (Å²) in [7, 11) is 1.69. The molecule has 0 unspecified atom stereocenters. The van der Waals surface area contributed by atoms with Crippen LogP contribution in [0.4, 0.5) is 11.4 Å². The smallest absolute Gasteiger partial charge is 0.144 e. The van der Waals surface area contributed by atoms with Crippen LogP contribution >= 0.6 is 0 Å². The number of nitrogens with one attached hydrogen (secondary N) is 2. The SMILES string of the molecule is COc1cccc2c1NCCN2. The highest BCUT2D eigenvalue weighted by Crippen LogP contribution is 2.33. The van der Waals surface area contributed by atoms with E-state index in [1.807, 2.05) is 18.2 Å². The predicted octanol–water partition coefficient (Wildman–Crippen LogP) is 1.53. The third-order valence-corrected chi connectivity index (χ3v) is 1.99. The number of benzene rings is 1. The summed E-state index contributed by atoms with van der Waals surface area (Å²) in [6.45, 7) is 1.92. The van der Waals surface area contributed by atoms with Gasteiger partial charge in [-0.05, 0) is 12.1 Å².